The van der Waals surface area contributed by atoms with Crippen LogP contribution >= 0.6 is 0 Å². The van der Waals surface area contributed by atoms with E-state index in [1.165, 1.54) is 18.5 Å². The quantitative estimate of drug-likeness (QED) is 0.683. The fourth-order valence-electron chi connectivity index (χ4n) is 1.22. The van der Waals surface area contributed by atoms with Crippen molar-refractivity contribution in [2.45, 2.75) is 0 Å². The lowest BCUT2D eigenvalue weighted by Crippen LogP contribution is -1.93. The van der Waals surface area contributed by atoms with Gasteiger partial charge in [-0.2, -0.15) is 5.10 Å². The van der Waals surface area contributed by atoms with E-state index >= 15 is 0 Å². The van der Waals surface area contributed by atoms with Crippen LogP contribution in [0.1, 0.15) is 0 Å². The van der Waals surface area contributed by atoms with Crippen LogP contribution in [-0.4, -0.2) is 10.2 Å². The minimum atomic E-state index is -0.957. The Labute approximate surface area is 78.6 Å². The number of hydrogen-bond donors (Lipinski definition) is 2. The summed E-state index contributed by atoms with van der Waals surface area (Å²) in [5, 5.41) is 6.16. The maximum absolute atomic E-state index is 13.3. The number of nitrogens with one attached hydrogen (secondary N) is 1. The SMILES string of the molecule is Nc1cc(F)c(F)c(-c2cn[nH]c2)c1. The smallest absolute Gasteiger partial charge is 0.166 e. The molecule has 1 heterocycles. The zero-order chi connectivity index (χ0) is 10.1. The first kappa shape index (κ1) is 8.68. The van der Waals surface area contributed by atoms with Crippen LogP contribution in [-0.2, 0) is 0 Å². The van der Waals surface area contributed by atoms with Crippen LogP contribution in [0.3, 0.4) is 0 Å². The summed E-state index contributed by atoms with van der Waals surface area (Å²) in [4.78, 5) is 0. The zero-order valence-corrected chi connectivity index (χ0v) is 7.09. The van der Waals surface area contributed by atoms with Crippen molar-refractivity contribution in [1.82, 2.24) is 10.2 Å². The zero-order valence-electron chi connectivity index (χ0n) is 7.09. The Balaban J connectivity index is 2.64. The molecule has 0 spiro atoms. The summed E-state index contributed by atoms with van der Waals surface area (Å²) in [6.07, 6.45) is 2.87. The summed E-state index contributed by atoms with van der Waals surface area (Å²) in [6, 6.07) is 2.31. The predicted octanol–water partition coefficient (Wildman–Crippen LogP) is 1.94. The van der Waals surface area contributed by atoms with Crippen molar-refractivity contribution in [2.24, 2.45) is 0 Å². The molecule has 1 aromatic heterocycles. The average Bonchev–Trinajstić information content (AvgIpc) is 2.63. The Morgan fingerprint density at radius 3 is 2.71 bits per heavy atom. The van der Waals surface area contributed by atoms with Gasteiger partial charge in [-0.15, -0.1) is 0 Å². The number of nitrogen functional groups attached to an aromatic ring is 1. The highest BCUT2D eigenvalue weighted by atomic mass is 19.2. The Hall–Kier alpha value is -1.91. The van der Waals surface area contributed by atoms with Crippen LogP contribution < -0.4 is 5.73 Å². The number of halogens is 2. The van der Waals surface area contributed by atoms with E-state index in [9.17, 15) is 8.78 Å². The van der Waals surface area contributed by atoms with Gasteiger partial charge in [0.1, 0.15) is 0 Å². The average molecular weight is 195 g/mol. The number of aromatic amines is 1. The van der Waals surface area contributed by atoms with E-state index < -0.39 is 11.6 Å². The minimum absolute atomic E-state index is 0.108. The molecule has 5 heteroatoms. The van der Waals surface area contributed by atoms with Gasteiger partial charge in [-0.25, -0.2) is 8.78 Å². The van der Waals surface area contributed by atoms with Crippen LogP contribution in [0, 0.1) is 11.6 Å². The second kappa shape index (κ2) is 3.10. The molecule has 3 nitrogen and oxygen atoms in total. The second-order valence-electron chi connectivity index (χ2n) is 2.85. The molecule has 14 heavy (non-hydrogen) atoms. The number of H-pyrrole nitrogens is 1. The largest absolute Gasteiger partial charge is 0.399 e. The second-order valence-corrected chi connectivity index (χ2v) is 2.85. The Kier molecular flexibility index (Phi) is 1.92. The van der Waals surface area contributed by atoms with E-state index in [0.29, 0.717) is 5.56 Å². The number of aromatic nitrogens is 2. The molecule has 0 radical (unpaired) electrons. The van der Waals surface area contributed by atoms with E-state index in [1.54, 1.807) is 0 Å². The van der Waals surface area contributed by atoms with E-state index in [0.717, 1.165) is 6.07 Å². The molecule has 0 saturated heterocycles. The van der Waals surface area contributed by atoms with Crippen LogP contribution in [0.15, 0.2) is 24.5 Å². The molecule has 3 N–H and O–H groups in total. The van der Waals surface area contributed by atoms with Crippen molar-refractivity contribution in [2.75, 3.05) is 5.73 Å². The van der Waals surface area contributed by atoms with Gasteiger partial charge in [-0.05, 0) is 12.1 Å². The van der Waals surface area contributed by atoms with Gasteiger partial charge in [0.25, 0.3) is 0 Å². The molecule has 0 bridgehead atoms. The molecule has 0 aliphatic rings. The van der Waals surface area contributed by atoms with Crippen LogP contribution in [0.25, 0.3) is 11.1 Å². The van der Waals surface area contributed by atoms with Crippen LogP contribution in [0.4, 0.5) is 14.5 Å². The van der Waals surface area contributed by atoms with Gasteiger partial charge in [0.15, 0.2) is 11.6 Å². The normalized spacial score (nSPS) is 10.4. The van der Waals surface area contributed by atoms with Crippen molar-refractivity contribution in [3.05, 3.63) is 36.2 Å². The molecular formula is C9H7F2N3. The summed E-state index contributed by atoms with van der Waals surface area (Å²) in [6.45, 7) is 0. The highest BCUT2D eigenvalue weighted by Gasteiger charge is 2.11. The van der Waals surface area contributed by atoms with Gasteiger partial charge in [0.2, 0.25) is 0 Å². The maximum Gasteiger partial charge on any atom is 0.166 e. The highest BCUT2D eigenvalue weighted by molar-refractivity contribution is 5.66. The lowest BCUT2D eigenvalue weighted by molar-refractivity contribution is 0.512. The van der Waals surface area contributed by atoms with Crippen molar-refractivity contribution in [3.63, 3.8) is 0 Å². The van der Waals surface area contributed by atoms with Gasteiger partial charge in [-0.3, -0.25) is 5.10 Å². The molecule has 0 fully saturated rings. The van der Waals surface area contributed by atoms with Crippen molar-refractivity contribution in [1.29, 1.82) is 0 Å². The highest BCUT2D eigenvalue weighted by Crippen LogP contribution is 2.25. The third-order valence-corrected chi connectivity index (χ3v) is 1.86. The van der Waals surface area contributed by atoms with E-state index in [1.807, 2.05) is 0 Å². The fraction of sp³-hybridized carbons (Fsp3) is 0. The molecule has 0 saturated carbocycles. The first-order chi connectivity index (χ1) is 6.68. The third-order valence-electron chi connectivity index (χ3n) is 1.86. The molecule has 2 rings (SSSR count). The molecule has 2 aromatic rings. The van der Waals surface area contributed by atoms with Crippen molar-refractivity contribution in [3.8, 4) is 11.1 Å². The molecule has 72 valence electrons. The number of rotatable bonds is 1. The third kappa shape index (κ3) is 1.32. The lowest BCUT2D eigenvalue weighted by atomic mass is 10.1. The fourth-order valence-corrected chi connectivity index (χ4v) is 1.22. The number of hydrogen-bond acceptors (Lipinski definition) is 2. The molecule has 0 atom stereocenters. The van der Waals surface area contributed by atoms with Crippen LogP contribution in [0.2, 0.25) is 0 Å². The minimum Gasteiger partial charge on any atom is -0.399 e. The molecular weight excluding hydrogens is 188 g/mol. The van der Waals surface area contributed by atoms with Crippen molar-refractivity contribution >= 4 is 5.69 Å². The topological polar surface area (TPSA) is 54.7 Å². The monoisotopic (exact) mass is 195 g/mol. The maximum atomic E-state index is 13.3. The number of nitrogens with zero attached hydrogens (tertiary/aromatic N) is 1. The molecule has 0 unspecified atom stereocenters. The molecule has 0 aliphatic carbocycles. The first-order valence-corrected chi connectivity index (χ1v) is 3.92. The molecule has 0 amide bonds. The Bertz CT molecular complexity index is 451. The molecule has 1 aromatic carbocycles. The summed E-state index contributed by atoms with van der Waals surface area (Å²) in [7, 11) is 0. The molecule has 0 aliphatic heterocycles. The Morgan fingerprint density at radius 2 is 2.07 bits per heavy atom. The predicted molar refractivity (Wildman–Crippen MR) is 48.4 cm³/mol. The van der Waals surface area contributed by atoms with Gasteiger partial charge >= 0.3 is 0 Å². The summed E-state index contributed by atoms with van der Waals surface area (Å²) in [5.41, 5.74) is 6.15. The summed E-state index contributed by atoms with van der Waals surface area (Å²) < 4.78 is 26.2. The van der Waals surface area contributed by atoms with Gasteiger partial charge < -0.3 is 5.73 Å². The number of nitrogens with two attached hydrogens (primary N) is 1. The number of benzene rings is 1. The van der Waals surface area contributed by atoms with E-state index in [2.05, 4.69) is 10.2 Å². The van der Waals surface area contributed by atoms with Gasteiger partial charge in [-0.1, -0.05) is 0 Å². The summed E-state index contributed by atoms with van der Waals surface area (Å²) in [5.74, 6) is -1.87. The lowest BCUT2D eigenvalue weighted by Gasteiger charge is -2.02. The van der Waals surface area contributed by atoms with Gasteiger partial charge in [0, 0.05) is 23.0 Å². The first-order valence-electron chi connectivity index (χ1n) is 3.92. The Morgan fingerprint density at radius 1 is 1.29 bits per heavy atom. The standard InChI is InChI=1S/C9H7F2N3/c10-8-2-6(12)1-7(9(8)11)5-3-13-14-4-5/h1-4H,12H2,(H,13,14). The van der Waals surface area contributed by atoms with E-state index in [-0.39, 0.29) is 11.3 Å². The van der Waals surface area contributed by atoms with E-state index in [4.69, 9.17) is 5.73 Å². The van der Waals surface area contributed by atoms with Crippen molar-refractivity contribution < 1.29 is 8.78 Å². The summed E-state index contributed by atoms with van der Waals surface area (Å²) >= 11 is 0. The van der Waals surface area contributed by atoms with Crippen LogP contribution in [0.5, 0.6) is 0 Å². The number of anilines is 1. The van der Waals surface area contributed by atoms with Gasteiger partial charge in [0.05, 0.1) is 6.20 Å².